The van der Waals surface area contributed by atoms with Crippen molar-refractivity contribution in [3.8, 4) is 0 Å². The van der Waals surface area contributed by atoms with Gasteiger partial charge in [0.1, 0.15) is 12.0 Å². The number of hydrogen-bond acceptors (Lipinski definition) is 4. The van der Waals surface area contributed by atoms with Gasteiger partial charge in [-0.15, -0.1) is 0 Å². The number of hydrogen-bond donors (Lipinski definition) is 0. The zero-order chi connectivity index (χ0) is 11.5. The van der Waals surface area contributed by atoms with Crippen molar-refractivity contribution in [2.24, 2.45) is 0 Å². The van der Waals surface area contributed by atoms with E-state index in [2.05, 4.69) is 23.7 Å². The van der Waals surface area contributed by atoms with Gasteiger partial charge in [-0.2, -0.15) is 0 Å². The second-order valence-corrected chi connectivity index (χ2v) is 4.63. The average Bonchev–Trinajstić information content (AvgIpc) is 2.77. The van der Waals surface area contributed by atoms with Crippen LogP contribution in [0.4, 0.5) is 0 Å². The number of carbonyl (C=O) groups is 1. The SMILES string of the molecule is CC(C)N1CCC(c2nc(C=O)co2)CC1. The third-order valence-corrected chi connectivity index (χ3v) is 3.27. The van der Waals surface area contributed by atoms with Gasteiger partial charge >= 0.3 is 0 Å². The summed E-state index contributed by atoms with van der Waals surface area (Å²) in [6.07, 6.45) is 4.31. The lowest BCUT2D eigenvalue weighted by Crippen LogP contribution is -2.37. The number of oxazole rings is 1. The maximum absolute atomic E-state index is 10.5. The normalized spacial score (nSPS) is 19.2. The summed E-state index contributed by atoms with van der Waals surface area (Å²) in [5.74, 6) is 1.11. The summed E-state index contributed by atoms with van der Waals surface area (Å²) < 4.78 is 5.33. The topological polar surface area (TPSA) is 46.3 Å². The molecule has 0 bridgehead atoms. The molecule has 1 aromatic heterocycles. The zero-order valence-electron chi connectivity index (χ0n) is 9.85. The quantitative estimate of drug-likeness (QED) is 0.734. The van der Waals surface area contributed by atoms with Crippen molar-refractivity contribution in [3.05, 3.63) is 17.8 Å². The highest BCUT2D eigenvalue weighted by Gasteiger charge is 2.25. The summed E-state index contributed by atoms with van der Waals surface area (Å²) >= 11 is 0. The van der Waals surface area contributed by atoms with Gasteiger partial charge in [-0.05, 0) is 39.8 Å². The van der Waals surface area contributed by atoms with E-state index in [9.17, 15) is 4.79 Å². The molecule has 0 aromatic carbocycles. The van der Waals surface area contributed by atoms with Crippen LogP contribution in [-0.4, -0.2) is 35.3 Å². The number of aromatic nitrogens is 1. The summed E-state index contributed by atoms with van der Waals surface area (Å²) in [7, 11) is 0. The molecule has 0 atom stereocenters. The van der Waals surface area contributed by atoms with E-state index in [1.807, 2.05) is 0 Å². The standard InChI is InChI=1S/C12H18N2O2/c1-9(2)14-5-3-10(4-6-14)12-13-11(7-15)8-16-12/h7-10H,3-6H2,1-2H3. The van der Waals surface area contributed by atoms with Crippen LogP contribution in [-0.2, 0) is 0 Å². The number of nitrogens with zero attached hydrogens (tertiary/aromatic N) is 2. The summed E-state index contributed by atoms with van der Waals surface area (Å²) in [4.78, 5) is 17.1. The van der Waals surface area contributed by atoms with Crippen LogP contribution in [0.5, 0.6) is 0 Å². The Hall–Kier alpha value is -1.16. The molecule has 0 spiro atoms. The lowest BCUT2D eigenvalue weighted by molar-refractivity contribution is 0.111. The highest BCUT2D eigenvalue weighted by molar-refractivity contribution is 5.70. The Morgan fingerprint density at radius 1 is 1.50 bits per heavy atom. The van der Waals surface area contributed by atoms with Crippen molar-refractivity contribution in [2.45, 2.75) is 38.6 Å². The minimum atomic E-state index is 0.378. The molecule has 1 aliphatic heterocycles. The predicted octanol–water partition coefficient (Wildman–Crippen LogP) is 2.07. The molecule has 4 nitrogen and oxygen atoms in total. The first-order valence-corrected chi connectivity index (χ1v) is 5.85. The Morgan fingerprint density at radius 2 is 2.19 bits per heavy atom. The second kappa shape index (κ2) is 4.78. The molecule has 0 amide bonds. The van der Waals surface area contributed by atoms with Gasteiger partial charge in [0.2, 0.25) is 0 Å². The first kappa shape index (κ1) is 11.3. The summed E-state index contributed by atoms with van der Waals surface area (Å²) in [5.41, 5.74) is 0.404. The van der Waals surface area contributed by atoms with E-state index in [0.717, 1.165) is 38.1 Å². The Labute approximate surface area is 95.6 Å². The highest BCUT2D eigenvalue weighted by atomic mass is 16.3. The Morgan fingerprint density at radius 3 is 2.69 bits per heavy atom. The van der Waals surface area contributed by atoms with Gasteiger partial charge in [0.25, 0.3) is 0 Å². The van der Waals surface area contributed by atoms with Crippen LogP contribution < -0.4 is 0 Å². The Kier molecular flexibility index (Phi) is 3.39. The Balaban J connectivity index is 1.96. The van der Waals surface area contributed by atoms with E-state index < -0.39 is 0 Å². The first-order chi connectivity index (χ1) is 7.70. The predicted molar refractivity (Wildman–Crippen MR) is 60.6 cm³/mol. The lowest BCUT2D eigenvalue weighted by Gasteiger charge is -2.33. The monoisotopic (exact) mass is 222 g/mol. The Bertz CT molecular complexity index is 352. The van der Waals surface area contributed by atoms with Gasteiger partial charge in [-0.25, -0.2) is 4.98 Å². The molecule has 0 saturated carbocycles. The van der Waals surface area contributed by atoms with Gasteiger partial charge in [0.15, 0.2) is 12.2 Å². The van der Waals surface area contributed by atoms with E-state index in [1.54, 1.807) is 0 Å². The molecule has 1 aliphatic rings. The summed E-state index contributed by atoms with van der Waals surface area (Å²) in [6, 6.07) is 0.607. The molecule has 88 valence electrons. The fraction of sp³-hybridized carbons (Fsp3) is 0.667. The number of carbonyl (C=O) groups excluding carboxylic acids is 1. The van der Waals surface area contributed by atoms with E-state index in [0.29, 0.717) is 17.7 Å². The maximum Gasteiger partial charge on any atom is 0.197 e. The first-order valence-electron chi connectivity index (χ1n) is 5.85. The van der Waals surface area contributed by atoms with Gasteiger partial charge < -0.3 is 9.32 Å². The molecule has 2 rings (SSSR count). The van der Waals surface area contributed by atoms with Crippen LogP contribution in [0.2, 0.25) is 0 Å². The number of piperidine rings is 1. The van der Waals surface area contributed by atoms with Gasteiger partial charge in [-0.3, -0.25) is 4.79 Å². The zero-order valence-corrected chi connectivity index (χ0v) is 9.85. The minimum Gasteiger partial charge on any atom is -0.448 e. The molecule has 1 fully saturated rings. The average molecular weight is 222 g/mol. The van der Waals surface area contributed by atoms with Crippen molar-refractivity contribution in [1.82, 2.24) is 9.88 Å². The van der Waals surface area contributed by atoms with Crippen molar-refractivity contribution < 1.29 is 9.21 Å². The van der Waals surface area contributed by atoms with Crippen molar-refractivity contribution in [3.63, 3.8) is 0 Å². The van der Waals surface area contributed by atoms with Crippen molar-refractivity contribution in [1.29, 1.82) is 0 Å². The van der Waals surface area contributed by atoms with Crippen LogP contribution in [0, 0.1) is 0 Å². The van der Waals surface area contributed by atoms with Crippen molar-refractivity contribution >= 4 is 6.29 Å². The van der Waals surface area contributed by atoms with E-state index in [4.69, 9.17) is 4.42 Å². The molecule has 2 heterocycles. The molecular weight excluding hydrogens is 204 g/mol. The fourth-order valence-corrected chi connectivity index (χ4v) is 2.21. The van der Waals surface area contributed by atoms with Crippen LogP contribution in [0.25, 0.3) is 0 Å². The van der Waals surface area contributed by atoms with Gasteiger partial charge in [0, 0.05) is 12.0 Å². The molecule has 16 heavy (non-hydrogen) atoms. The number of aldehydes is 1. The van der Waals surface area contributed by atoms with Gasteiger partial charge in [-0.1, -0.05) is 0 Å². The van der Waals surface area contributed by atoms with Crippen LogP contribution in [0.15, 0.2) is 10.7 Å². The number of likely N-dealkylation sites (tertiary alicyclic amines) is 1. The van der Waals surface area contributed by atoms with Crippen LogP contribution >= 0.6 is 0 Å². The van der Waals surface area contributed by atoms with Gasteiger partial charge in [0.05, 0.1) is 0 Å². The molecule has 0 radical (unpaired) electrons. The molecule has 0 N–H and O–H groups in total. The molecule has 4 heteroatoms. The van der Waals surface area contributed by atoms with E-state index in [1.165, 1.54) is 6.26 Å². The van der Waals surface area contributed by atoms with Crippen LogP contribution in [0.3, 0.4) is 0 Å². The minimum absolute atomic E-state index is 0.378. The molecular formula is C12H18N2O2. The smallest absolute Gasteiger partial charge is 0.197 e. The largest absolute Gasteiger partial charge is 0.448 e. The fourth-order valence-electron chi connectivity index (χ4n) is 2.21. The summed E-state index contributed by atoms with van der Waals surface area (Å²) in [5, 5.41) is 0. The summed E-state index contributed by atoms with van der Waals surface area (Å²) in [6.45, 7) is 6.61. The van der Waals surface area contributed by atoms with Crippen molar-refractivity contribution in [2.75, 3.05) is 13.1 Å². The van der Waals surface area contributed by atoms with E-state index in [-0.39, 0.29) is 0 Å². The maximum atomic E-state index is 10.5. The third kappa shape index (κ3) is 2.32. The third-order valence-electron chi connectivity index (χ3n) is 3.27. The molecule has 1 aromatic rings. The lowest BCUT2D eigenvalue weighted by atomic mass is 9.96. The van der Waals surface area contributed by atoms with Crippen LogP contribution in [0.1, 0.15) is 49.0 Å². The van der Waals surface area contributed by atoms with E-state index >= 15 is 0 Å². The second-order valence-electron chi connectivity index (χ2n) is 4.63. The highest BCUT2D eigenvalue weighted by Crippen LogP contribution is 2.27. The molecule has 0 aliphatic carbocycles. The molecule has 1 saturated heterocycles. The molecule has 0 unspecified atom stereocenters. The number of rotatable bonds is 3.